The Morgan fingerprint density at radius 2 is 1.10 bits per heavy atom. The van der Waals surface area contributed by atoms with Gasteiger partial charge >= 0.3 is 0 Å². The van der Waals surface area contributed by atoms with E-state index in [1.165, 1.54) is 21.7 Å². The summed E-state index contributed by atoms with van der Waals surface area (Å²) in [6.45, 7) is 2.43. The van der Waals surface area contributed by atoms with E-state index in [4.69, 9.17) is 4.74 Å². The maximum absolute atomic E-state index is 5.37. The largest absolute Gasteiger partial charge is 0.497 e. The molecule has 30 heavy (non-hydrogen) atoms. The molecule has 0 aliphatic heterocycles. The highest BCUT2D eigenvalue weighted by molar-refractivity contribution is 7.74. The van der Waals surface area contributed by atoms with Crippen LogP contribution in [0.2, 0.25) is 0 Å². The quantitative estimate of drug-likeness (QED) is 0.326. The molecule has 0 aliphatic rings. The van der Waals surface area contributed by atoms with Crippen LogP contribution in [0.4, 0.5) is 0 Å². The highest BCUT2D eigenvalue weighted by atomic mass is 31.1. The van der Waals surface area contributed by atoms with Crippen LogP contribution in [0.15, 0.2) is 115 Å². The lowest BCUT2D eigenvalue weighted by molar-refractivity contribution is 0.414. The number of methoxy groups -OCH3 is 1. The molecule has 0 amide bonds. The molecule has 0 N–H and O–H groups in total. The minimum absolute atomic E-state index is 0.0616. The SMILES string of the molecule is COc1ccc(CC(C)(c2ccccc2)P(c2ccccc2)c2ccccc2)cc1. The Bertz CT molecular complexity index is 1010. The minimum atomic E-state index is -0.639. The summed E-state index contributed by atoms with van der Waals surface area (Å²) in [6.07, 6.45) is 0.955. The van der Waals surface area contributed by atoms with Crippen molar-refractivity contribution < 1.29 is 4.74 Å². The summed E-state index contributed by atoms with van der Waals surface area (Å²) in [4.78, 5) is 0. The molecular formula is C28H27OP. The Hall–Kier alpha value is -2.89. The number of ether oxygens (including phenoxy) is 1. The minimum Gasteiger partial charge on any atom is -0.497 e. The van der Waals surface area contributed by atoms with Crippen molar-refractivity contribution in [1.29, 1.82) is 0 Å². The highest BCUT2D eigenvalue weighted by Gasteiger charge is 2.38. The maximum Gasteiger partial charge on any atom is 0.118 e. The number of hydrogen-bond donors (Lipinski definition) is 0. The molecule has 0 bridgehead atoms. The molecule has 4 aromatic rings. The second-order valence-corrected chi connectivity index (χ2v) is 10.4. The molecule has 0 radical (unpaired) electrons. The van der Waals surface area contributed by atoms with E-state index in [9.17, 15) is 0 Å². The van der Waals surface area contributed by atoms with Gasteiger partial charge in [-0.1, -0.05) is 110 Å². The molecule has 0 fully saturated rings. The van der Waals surface area contributed by atoms with E-state index in [0.717, 1.165) is 12.2 Å². The molecule has 1 unspecified atom stereocenters. The lowest BCUT2D eigenvalue weighted by Gasteiger charge is -2.40. The van der Waals surface area contributed by atoms with E-state index >= 15 is 0 Å². The fourth-order valence-electron chi connectivity index (χ4n) is 4.12. The summed E-state index contributed by atoms with van der Waals surface area (Å²) < 4.78 is 5.37. The van der Waals surface area contributed by atoms with Gasteiger partial charge in [0, 0.05) is 5.16 Å². The normalized spacial score (nSPS) is 13.0. The predicted octanol–water partition coefficient (Wildman–Crippen LogP) is 6.29. The van der Waals surface area contributed by atoms with Crippen molar-refractivity contribution in [2.75, 3.05) is 7.11 Å². The molecular weight excluding hydrogens is 383 g/mol. The Labute approximate surface area is 181 Å². The van der Waals surface area contributed by atoms with Crippen LogP contribution >= 0.6 is 7.92 Å². The zero-order valence-corrected chi connectivity index (χ0v) is 18.4. The van der Waals surface area contributed by atoms with Crippen LogP contribution in [0.3, 0.4) is 0 Å². The van der Waals surface area contributed by atoms with Crippen LogP contribution in [0, 0.1) is 0 Å². The van der Waals surface area contributed by atoms with Gasteiger partial charge in [0.1, 0.15) is 5.75 Å². The third kappa shape index (κ3) is 4.32. The lowest BCUT2D eigenvalue weighted by atomic mass is 9.92. The van der Waals surface area contributed by atoms with Crippen LogP contribution in [-0.2, 0) is 11.6 Å². The van der Waals surface area contributed by atoms with Crippen molar-refractivity contribution in [2.24, 2.45) is 0 Å². The summed E-state index contributed by atoms with van der Waals surface area (Å²) in [7, 11) is 1.08. The fourth-order valence-corrected chi connectivity index (χ4v) is 7.25. The molecule has 0 aromatic heterocycles. The van der Waals surface area contributed by atoms with E-state index < -0.39 is 7.92 Å². The Kier molecular flexibility index (Phi) is 6.31. The number of rotatable bonds is 7. The summed E-state index contributed by atoms with van der Waals surface area (Å²) in [6, 6.07) is 41.5. The van der Waals surface area contributed by atoms with Gasteiger partial charge in [-0.2, -0.15) is 0 Å². The van der Waals surface area contributed by atoms with Gasteiger partial charge in [0.2, 0.25) is 0 Å². The van der Waals surface area contributed by atoms with E-state index in [1.54, 1.807) is 7.11 Å². The second-order valence-electron chi connectivity index (χ2n) is 7.67. The molecule has 0 aliphatic carbocycles. The van der Waals surface area contributed by atoms with E-state index in [1.807, 2.05) is 0 Å². The molecule has 2 heteroatoms. The highest BCUT2D eigenvalue weighted by Crippen LogP contribution is 2.56. The van der Waals surface area contributed by atoms with Crippen LogP contribution in [0.5, 0.6) is 5.75 Å². The first-order valence-corrected chi connectivity index (χ1v) is 11.6. The molecule has 1 nitrogen and oxygen atoms in total. The monoisotopic (exact) mass is 410 g/mol. The molecule has 0 heterocycles. The fraction of sp³-hybridized carbons (Fsp3) is 0.143. The smallest absolute Gasteiger partial charge is 0.118 e. The number of hydrogen-bond acceptors (Lipinski definition) is 1. The molecule has 0 spiro atoms. The van der Waals surface area contributed by atoms with Gasteiger partial charge in [-0.25, -0.2) is 0 Å². The average molecular weight is 410 g/mol. The molecule has 4 aromatic carbocycles. The van der Waals surface area contributed by atoms with Gasteiger partial charge in [0.05, 0.1) is 7.11 Å². The Morgan fingerprint density at radius 3 is 1.57 bits per heavy atom. The molecule has 4 rings (SSSR count). The topological polar surface area (TPSA) is 9.23 Å². The van der Waals surface area contributed by atoms with Crippen LogP contribution in [0.25, 0.3) is 0 Å². The van der Waals surface area contributed by atoms with Gasteiger partial charge in [-0.3, -0.25) is 0 Å². The first kappa shape index (κ1) is 20.4. The van der Waals surface area contributed by atoms with Crippen LogP contribution < -0.4 is 15.3 Å². The first-order valence-electron chi connectivity index (χ1n) is 10.3. The molecule has 0 saturated carbocycles. The Morgan fingerprint density at radius 1 is 0.633 bits per heavy atom. The predicted molar refractivity (Wildman–Crippen MR) is 130 cm³/mol. The molecule has 0 saturated heterocycles. The maximum atomic E-state index is 5.37. The Balaban J connectivity index is 1.87. The summed E-state index contributed by atoms with van der Waals surface area (Å²) in [5.74, 6) is 0.897. The average Bonchev–Trinajstić information content (AvgIpc) is 2.82. The molecule has 1 atom stereocenters. The van der Waals surface area contributed by atoms with Crippen molar-refractivity contribution >= 4 is 18.5 Å². The van der Waals surface area contributed by atoms with Crippen molar-refractivity contribution in [3.8, 4) is 5.75 Å². The van der Waals surface area contributed by atoms with E-state index in [0.29, 0.717) is 0 Å². The number of benzene rings is 4. The second kappa shape index (κ2) is 9.28. The van der Waals surface area contributed by atoms with Gasteiger partial charge in [-0.15, -0.1) is 0 Å². The third-order valence-electron chi connectivity index (χ3n) is 5.63. The van der Waals surface area contributed by atoms with Gasteiger partial charge in [0.15, 0.2) is 0 Å². The van der Waals surface area contributed by atoms with Gasteiger partial charge in [-0.05, 0) is 48.2 Å². The van der Waals surface area contributed by atoms with Gasteiger partial charge in [0.25, 0.3) is 0 Å². The van der Waals surface area contributed by atoms with Crippen LogP contribution in [0.1, 0.15) is 18.1 Å². The van der Waals surface area contributed by atoms with Crippen LogP contribution in [-0.4, -0.2) is 7.11 Å². The zero-order chi connectivity index (χ0) is 20.8. The summed E-state index contributed by atoms with van der Waals surface area (Å²) >= 11 is 0. The van der Waals surface area contributed by atoms with Crippen molar-refractivity contribution in [2.45, 2.75) is 18.5 Å². The summed E-state index contributed by atoms with van der Waals surface area (Å²) in [5, 5.41) is 2.74. The van der Waals surface area contributed by atoms with Crippen molar-refractivity contribution in [3.63, 3.8) is 0 Å². The standard InChI is InChI=1S/C28H27OP/c1-28(24-12-6-3-7-13-24,22-23-18-20-25(29-2)21-19-23)30(26-14-8-4-9-15-26)27-16-10-5-11-17-27/h3-21H,22H2,1-2H3. The summed E-state index contributed by atoms with van der Waals surface area (Å²) in [5.41, 5.74) is 2.70. The molecule has 150 valence electrons. The van der Waals surface area contributed by atoms with Crippen molar-refractivity contribution in [3.05, 3.63) is 126 Å². The third-order valence-corrected chi connectivity index (χ3v) is 8.66. The van der Waals surface area contributed by atoms with E-state index in [2.05, 4.69) is 122 Å². The first-order chi connectivity index (χ1) is 14.7. The van der Waals surface area contributed by atoms with E-state index in [-0.39, 0.29) is 5.16 Å². The van der Waals surface area contributed by atoms with Crippen molar-refractivity contribution in [1.82, 2.24) is 0 Å². The lowest BCUT2D eigenvalue weighted by Crippen LogP contribution is -2.32. The zero-order valence-electron chi connectivity index (χ0n) is 17.5. The van der Waals surface area contributed by atoms with Gasteiger partial charge < -0.3 is 4.74 Å².